The van der Waals surface area contributed by atoms with Gasteiger partial charge in [-0.1, -0.05) is 36.4 Å². The van der Waals surface area contributed by atoms with Gasteiger partial charge in [-0.05, 0) is 23.3 Å². The maximum absolute atomic E-state index is 12.7. The van der Waals surface area contributed by atoms with Gasteiger partial charge in [-0.15, -0.1) is 0 Å². The second-order valence-electron chi connectivity index (χ2n) is 6.70. The molecule has 0 saturated carbocycles. The first-order valence-electron chi connectivity index (χ1n) is 8.78. The van der Waals surface area contributed by atoms with E-state index in [0.717, 1.165) is 22.8 Å². The van der Waals surface area contributed by atoms with Gasteiger partial charge in [0.25, 0.3) is 17.5 Å². The van der Waals surface area contributed by atoms with Gasteiger partial charge >= 0.3 is 0 Å². The van der Waals surface area contributed by atoms with Crippen LogP contribution in [0.25, 0.3) is 5.57 Å². The van der Waals surface area contributed by atoms with Crippen LogP contribution in [0.5, 0.6) is 0 Å². The molecule has 27 heavy (non-hydrogen) atoms. The van der Waals surface area contributed by atoms with E-state index in [1.165, 1.54) is 29.3 Å². The summed E-state index contributed by atoms with van der Waals surface area (Å²) in [5.41, 5.74) is 2.16. The van der Waals surface area contributed by atoms with Gasteiger partial charge in [0.15, 0.2) is 6.67 Å². The summed E-state index contributed by atoms with van der Waals surface area (Å²) in [5, 5.41) is 11.2. The van der Waals surface area contributed by atoms with Gasteiger partial charge in [0.2, 0.25) is 0 Å². The van der Waals surface area contributed by atoms with Crippen molar-refractivity contribution in [3.8, 4) is 0 Å². The van der Waals surface area contributed by atoms with Crippen molar-refractivity contribution in [2.75, 3.05) is 19.8 Å². The van der Waals surface area contributed by atoms with Gasteiger partial charge in [-0.25, -0.2) is 4.90 Å². The fraction of sp³-hybridized carbons (Fsp3) is 0.200. The van der Waals surface area contributed by atoms with Crippen molar-refractivity contribution in [3.05, 3.63) is 81.4 Å². The van der Waals surface area contributed by atoms with Crippen LogP contribution in [0.15, 0.2) is 54.6 Å². The number of quaternary nitrogens is 1. The zero-order valence-electron chi connectivity index (χ0n) is 14.6. The number of rotatable bonds is 4. The number of carbonyl (C=O) groups is 2. The molecule has 2 amide bonds. The molecule has 136 valence electrons. The molecule has 1 unspecified atom stereocenters. The molecule has 2 heterocycles. The summed E-state index contributed by atoms with van der Waals surface area (Å²) in [6.45, 7) is 1.69. The van der Waals surface area contributed by atoms with E-state index in [-0.39, 0.29) is 23.5 Å². The fourth-order valence-corrected chi connectivity index (χ4v) is 3.68. The molecule has 2 aromatic carbocycles. The number of nitro groups is 1. The van der Waals surface area contributed by atoms with Crippen molar-refractivity contribution in [3.63, 3.8) is 0 Å². The van der Waals surface area contributed by atoms with Crippen LogP contribution in [0.4, 0.5) is 5.69 Å². The monoisotopic (exact) mass is 364 g/mol. The Morgan fingerprint density at radius 2 is 1.81 bits per heavy atom. The molecule has 0 saturated heterocycles. The number of nitrogens with one attached hydrogen (secondary N) is 1. The van der Waals surface area contributed by atoms with Gasteiger partial charge in [-0.3, -0.25) is 19.7 Å². The molecule has 7 heteroatoms. The summed E-state index contributed by atoms with van der Waals surface area (Å²) >= 11 is 0. The molecule has 1 N–H and O–H groups in total. The zero-order valence-corrected chi connectivity index (χ0v) is 14.6. The number of fused-ring (bicyclic) bond motifs is 1. The number of imide groups is 1. The number of benzene rings is 2. The van der Waals surface area contributed by atoms with E-state index >= 15 is 0 Å². The molecule has 0 bridgehead atoms. The van der Waals surface area contributed by atoms with Crippen LogP contribution < -0.4 is 4.90 Å². The first kappa shape index (κ1) is 17.1. The molecule has 0 spiro atoms. The van der Waals surface area contributed by atoms with Crippen molar-refractivity contribution in [2.45, 2.75) is 6.42 Å². The molecule has 0 fully saturated rings. The van der Waals surface area contributed by atoms with Crippen LogP contribution in [0.3, 0.4) is 0 Å². The first-order valence-corrected chi connectivity index (χ1v) is 8.78. The number of nitrogens with zero attached hydrogens (tertiary/aromatic N) is 2. The smallest absolute Gasteiger partial charge is 0.282 e. The minimum absolute atomic E-state index is 0.0931. The van der Waals surface area contributed by atoms with Crippen LogP contribution in [-0.2, 0) is 0 Å². The molecule has 0 aliphatic carbocycles. The molecular weight excluding hydrogens is 346 g/mol. The Morgan fingerprint density at radius 3 is 2.48 bits per heavy atom. The average Bonchev–Trinajstić information content (AvgIpc) is 2.94. The van der Waals surface area contributed by atoms with Crippen LogP contribution in [-0.4, -0.2) is 41.4 Å². The van der Waals surface area contributed by atoms with Gasteiger partial charge in [-0.2, -0.15) is 0 Å². The van der Waals surface area contributed by atoms with E-state index in [1.54, 1.807) is 0 Å². The summed E-state index contributed by atoms with van der Waals surface area (Å²) in [6, 6.07) is 14.3. The molecule has 2 aliphatic rings. The Bertz CT molecular complexity index is 968. The first-order chi connectivity index (χ1) is 13.1. The summed E-state index contributed by atoms with van der Waals surface area (Å²) < 4.78 is 0. The van der Waals surface area contributed by atoms with Gasteiger partial charge < -0.3 is 4.90 Å². The van der Waals surface area contributed by atoms with Gasteiger partial charge in [0.05, 0.1) is 23.6 Å². The SMILES string of the molecule is O=C1c2cccc([N+](=O)[O-])c2C(=O)N1C[NH+]1CC=C(c2ccccc2)CC1. The molecule has 2 aliphatic heterocycles. The summed E-state index contributed by atoms with van der Waals surface area (Å²) in [7, 11) is 0. The predicted molar refractivity (Wildman–Crippen MR) is 98.2 cm³/mol. The Labute approximate surface area is 155 Å². The summed E-state index contributed by atoms with van der Waals surface area (Å²) in [4.78, 5) is 38.0. The maximum atomic E-state index is 12.7. The molecule has 2 aromatic rings. The standard InChI is InChI=1S/C20H17N3O4/c24-19-16-7-4-8-17(23(26)27)18(16)20(25)22(19)13-21-11-9-15(10-12-21)14-5-2-1-3-6-14/h1-9H,10-13H2/p+1. The highest BCUT2D eigenvalue weighted by Crippen LogP contribution is 2.30. The topological polar surface area (TPSA) is 85.0 Å². The van der Waals surface area contributed by atoms with Crippen LogP contribution in [0.1, 0.15) is 32.7 Å². The largest absolute Gasteiger partial charge is 0.314 e. The molecular formula is C20H18N3O4+. The third-order valence-electron chi connectivity index (χ3n) is 5.09. The van der Waals surface area contributed by atoms with Crippen LogP contribution >= 0.6 is 0 Å². The van der Waals surface area contributed by atoms with Gasteiger partial charge in [0.1, 0.15) is 5.56 Å². The maximum Gasteiger partial charge on any atom is 0.282 e. The van der Waals surface area contributed by atoms with E-state index in [4.69, 9.17) is 0 Å². The Kier molecular flexibility index (Phi) is 4.29. The third-order valence-corrected chi connectivity index (χ3v) is 5.09. The van der Waals surface area contributed by atoms with Crippen molar-refractivity contribution in [1.29, 1.82) is 0 Å². The highest BCUT2D eigenvalue weighted by molar-refractivity contribution is 6.23. The third kappa shape index (κ3) is 3.02. The average molecular weight is 364 g/mol. The second kappa shape index (κ2) is 6.77. The Balaban J connectivity index is 1.51. The van der Waals surface area contributed by atoms with E-state index in [1.807, 2.05) is 18.2 Å². The van der Waals surface area contributed by atoms with E-state index in [2.05, 4.69) is 18.2 Å². The highest BCUT2D eigenvalue weighted by Gasteiger charge is 2.42. The highest BCUT2D eigenvalue weighted by atomic mass is 16.6. The molecule has 0 aromatic heterocycles. The van der Waals surface area contributed by atoms with Crippen LogP contribution in [0, 0.1) is 10.1 Å². The molecule has 0 radical (unpaired) electrons. The lowest BCUT2D eigenvalue weighted by Crippen LogP contribution is -3.14. The van der Waals surface area contributed by atoms with Crippen molar-refractivity contribution >= 4 is 23.1 Å². The van der Waals surface area contributed by atoms with Crippen LogP contribution in [0.2, 0.25) is 0 Å². The molecule has 7 nitrogen and oxygen atoms in total. The Hall–Kier alpha value is -3.32. The number of hydrogen-bond acceptors (Lipinski definition) is 4. The van der Waals surface area contributed by atoms with E-state index in [0.29, 0.717) is 6.54 Å². The quantitative estimate of drug-likeness (QED) is 0.506. The van der Waals surface area contributed by atoms with Gasteiger partial charge in [0, 0.05) is 12.5 Å². The normalized spacial score (nSPS) is 19.0. The fourth-order valence-electron chi connectivity index (χ4n) is 3.68. The van der Waals surface area contributed by atoms with E-state index in [9.17, 15) is 19.7 Å². The minimum atomic E-state index is -0.615. The predicted octanol–water partition coefficient (Wildman–Crippen LogP) is 1.52. The van der Waals surface area contributed by atoms with Crippen molar-refractivity contribution in [2.24, 2.45) is 0 Å². The molecule has 4 rings (SSSR count). The summed E-state index contributed by atoms with van der Waals surface area (Å²) in [6.07, 6.45) is 2.98. The zero-order chi connectivity index (χ0) is 19.0. The number of nitro benzene ring substituents is 1. The lowest BCUT2D eigenvalue weighted by Gasteiger charge is -2.26. The molecule has 1 atom stereocenters. The lowest BCUT2D eigenvalue weighted by molar-refractivity contribution is -0.902. The van der Waals surface area contributed by atoms with E-state index < -0.39 is 16.7 Å². The number of amides is 2. The lowest BCUT2D eigenvalue weighted by atomic mass is 10.00. The minimum Gasteiger partial charge on any atom is -0.314 e. The summed E-state index contributed by atoms with van der Waals surface area (Å²) in [5.74, 6) is -1.03. The number of carbonyl (C=O) groups excluding carboxylic acids is 2. The van der Waals surface area contributed by atoms with Crippen molar-refractivity contribution < 1.29 is 19.4 Å². The van der Waals surface area contributed by atoms with Crippen molar-refractivity contribution in [1.82, 2.24) is 4.90 Å². The second-order valence-corrected chi connectivity index (χ2v) is 6.70. The Morgan fingerprint density at radius 1 is 1.04 bits per heavy atom. The number of hydrogen-bond donors (Lipinski definition) is 1.